The minimum absolute atomic E-state index is 0.0848. The number of amides is 2. The van der Waals surface area contributed by atoms with Crippen molar-refractivity contribution < 1.29 is 19.1 Å². The third-order valence-corrected chi connectivity index (χ3v) is 3.46. The van der Waals surface area contributed by atoms with E-state index in [1.165, 1.54) is 7.11 Å². The molecule has 5 heteroatoms. The second-order valence-electron chi connectivity index (χ2n) is 5.05. The molecule has 0 unspecified atom stereocenters. The molecule has 0 atom stereocenters. The van der Waals surface area contributed by atoms with Crippen LogP contribution in [0.15, 0.2) is 48.5 Å². The Labute approximate surface area is 134 Å². The lowest BCUT2D eigenvalue weighted by Gasteiger charge is -2.17. The number of methoxy groups -OCH3 is 1. The van der Waals surface area contributed by atoms with Gasteiger partial charge in [-0.1, -0.05) is 30.3 Å². The summed E-state index contributed by atoms with van der Waals surface area (Å²) in [7, 11) is 1.30. The molecule has 0 aliphatic rings. The molecule has 0 radical (unpaired) electrons. The van der Waals surface area contributed by atoms with Crippen molar-refractivity contribution in [3.05, 3.63) is 70.8 Å². The minimum Gasteiger partial charge on any atom is -0.465 e. The predicted octanol–water partition coefficient (Wildman–Crippen LogP) is 2.58. The summed E-state index contributed by atoms with van der Waals surface area (Å²) in [5, 5.41) is 0. The van der Waals surface area contributed by atoms with Crippen LogP contribution in [0.1, 0.15) is 31.8 Å². The Morgan fingerprint density at radius 3 is 2.52 bits per heavy atom. The van der Waals surface area contributed by atoms with Crippen molar-refractivity contribution in [2.75, 3.05) is 7.11 Å². The van der Waals surface area contributed by atoms with Gasteiger partial charge in [0.05, 0.1) is 19.2 Å². The maximum absolute atomic E-state index is 12.5. The van der Waals surface area contributed by atoms with Crippen LogP contribution in [-0.4, -0.2) is 30.3 Å². The fraction of sp³-hybridized carbons (Fsp3) is 0.167. The van der Waals surface area contributed by atoms with Crippen LogP contribution in [0.4, 0.5) is 0 Å². The topological polar surface area (TPSA) is 63.7 Å². The highest BCUT2D eigenvalue weighted by molar-refractivity contribution is 6.00. The number of carbonyl (C=O) groups excluding carboxylic acids is 3. The highest BCUT2D eigenvalue weighted by Gasteiger charge is 2.17. The molecule has 0 heterocycles. The Balaban J connectivity index is 2.23. The molecular weight excluding hydrogens is 294 g/mol. The quantitative estimate of drug-likeness (QED) is 0.629. The van der Waals surface area contributed by atoms with Crippen molar-refractivity contribution in [1.29, 1.82) is 0 Å². The number of ether oxygens (including phenoxy) is 1. The second kappa shape index (κ2) is 7.35. The van der Waals surface area contributed by atoms with Crippen molar-refractivity contribution in [3.8, 4) is 0 Å². The van der Waals surface area contributed by atoms with E-state index >= 15 is 0 Å². The van der Waals surface area contributed by atoms with Gasteiger partial charge in [-0.15, -0.1) is 0 Å². The van der Waals surface area contributed by atoms with Gasteiger partial charge in [-0.05, 0) is 36.2 Å². The monoisotopic (exact) mass is 311 g/mol. The predicted molar refractivity (Wildman–Crippen MR) is 84.9 cm³/mol. The van der Waals surface area contributed by atoms with Crippen molar-refractivity contribution in [2.24, 2.45) is 0 Å². The van der Waals surface area contributed by atoms with Crippen LogP contribution >= 0.6 is 0 Å². The first-order valence-electron chi connectivity index (χ1n) is 7.06. The fourth-order valence-electron chi connectivity index (χ4n) is 2.24. The largest absolute Gasteiger partial charge is 0.465 e. The van der Waals surface area contributed by atoms with Gasteiger partial charge in [0, 0.05) is 5.56 Å². The zero-order valence-electron chi connectivity index (χ0n) is 13.0. The Kier molecular flexibility index (Phi) is 5.25. The van der Waals surface area contributed by atoms with E-state index in [0.717, 1.165) is 10.5 Å². The first-order valence-corrected chi connectivity index (χ1v) is 7.06. The fourth-order valence-corrected chi connectivity index (χ4v) is 2.24. The van der Waals surface area contributed by atoms with E-state index in [1.54, 1.807) is 36.4 Å². The number of imide groups is 1. The summed E-state index contributed by atoms with van der Waals surface area (Å²) in [6.45, 7) is 1.90. The smallest absolute Gasteiger partial charge is 0.337 e. The van der Waals surface area contributed by atoms with E-state index < -0.39 is 5.97 Å². The molecule has 5 nitrogen and oxygen atoms in total. The van der Waals surface area contributed by atoms with Gasteiger partial charge in [0.1, 0.15) is 0 Å². The van der Waals surface area contributed by atoms with Gasteiger partial charge in [-0.3, -0.25) is 14.5 Å². The van der Waals surface area contributed by atoms with Crippen molar-refractivity contribution in [2.45, 2.75) is 13.5 Å². The lowest BCUT2D eigenvalue weighted by molar-refractivity contribution is -0.116. The third-order valence-electron chi connectivity index (χ3n) is 3.46. The maximum Gasteiger partial charge on any atom is 0.337 e. The molecule has 0 fully saturated rings. The summed E-state index contributed by atoms with van der Waals surface area (Å²) in [4.78, 5) is 36.4. The number of hydrogen-bond donors (Lipinski definition) is 0. The molecular formula is C18H17NO4. The lowest BCUT2D eigenvalue weighted by Crippen LogP contribution is -2.29. The molecule has 0 spiro atoms. The van der Waals surface area contributed by atoms with Crippen LogP contribution < -0.4 is 0 Å². The molecule has 2 aromatic carbocycles. The normalized spacial score (nSPS) is 10.0. The zero-order valence-corrected chi connectivity index (χ0v) is 13.0. The third kappa shape index (κ3) is 3.83. The van der Waals surface area contributed by atoms with Gasteiger partial charge in [0.25, 0.3) is 5.91 Å². The molecule has 0 aliphatic heterocycles. The molecule has 118 valence electrons. The summed E-state index contributed by atoms with van der Waals surface area (Å²) >= 11 is 0. The number of aryl methyl sites for hydroxylation is 1. The highest BCUT2D eigenvalue weighted by Crippen LogP contribution is 2.14. The summed E-state index contributed by atoms with van der Waals surface area (Å²) in [5.74, 6) is -0.837. The average Bonchev–Trinajstić information content (AvgIpc) is 2.59. The van der Waals surface area contributed by atoms with E-state index in [4.69, 9.17) is 0 Å². The molecule has 23 heavy (non-hydrogen) atoms. The number of rotatable bonds is 5. The van der Waals surface area contributed by atoms with Crippen molar-refractivity contribution in [1.82, 2.24) is 4.90 Å². The Hall–Kier alpha value is -2.95. The van der Waals surface area contributed by atoms with Gasteiger partial charge in [0.15, 0.2) is 0 Å². The molecule has 0 N–H and O–H groups in total. The molecule has 0 saturated heterocycles. The van der Waals surface area contributed by atoms with E-state index in [2.05, 4.69) is 4.74 Å². The molecule has 2 aromatic rings. The van der Waals surface area contributed by atoms with E-state index in [1.807, 2.05) is 19.1 Å². The number of esters is 1. The maximum atomic E-state index is 12.5. The highest BCUT2D eigenvalue weighted by atomic mass is 16.5. The Morgan fingerprint density at radius 2 is 1.87 bits per heavy atom. The van der Waals surface area contributed by atoms with Crippen LogP contribution in [0.2, 0.25) is 0 Å². The SMILES string of the molecule is COC(=O)c1cccc(CN(C=O)C(=O)c2ccccc2C)c1. The molecule has 0 saturated carbocycles. The number of benzene rings is 2. The second-order valence-corrected chi connectivity index (χ2v) is 5.05. The standard InChI is InChI=1S/C18H17NO4/c1-13-6-3-4-9-16(13)17(21)19(12-20)11-14-7-5-8-15(10-14)18(22)23-2/h3-10,12H,11H2,1-2H3. The van der Waals surface area contributed by atoms with Crippen molar-refractivity contribution in [3.63, 3.8) is 0 Å². The van der Waals surface area contributed by atoms with Crippen molar-refractivity contribution >= 4 is 18.3 Å². The van der Waals surface area contributed by atoms with Crippen LogP contribution in [0.3, 0.4) is 0 Å². The van der Waals surface area contributed by atoms with Crippen LogP contribution in [0.25, 0.3) is 0 Å². The van der Waals surface area contributed by atoms with Gasteiger partial charge in [-0.25, -0.2) is 4.79 Å². The molecule has 2 rings (SSSR count). The Bertz CT molecular complexity index is 739. The zero-order chi connectivity index (χ0) is 16.8. The van der Waals surface area contributed by atoms with Gasteiger partial charge < -0.3 is 4.74 Å². The summed E-state index contributed by atoms with van der Waals surface area (Å²) in [6.07, 6.45) is 0.500. The molecule has 0 aromatic heterocycles. The number of hydrogen-bond acceptors (Lipinski definition) is 4. The molecule has 2 amide bonds. The first kappa shape index (κ1) is 16.4. The van der Waals surface area contributed by atoms with Crippen LogP contribution in [-0.2, 0) is 16.1 Å². The van der Waals surface area contributed by atoms with E-state index in [-0.39, 0.29) is 12.5 Å². The summed E-state index contributed by atoms with van der Waals surface area (Å²) in [6, 6.07) is 13.7. The van der Waals surface area contributed by atoms with Gasteiger partial charge in [0.2, 0.25) is 6.41 Å². The van der Waals surface area contributed by atoms with E-state index in [0.29, 0.717) is 23.1 Å². The van der Waals surface area contributed by atoms with Gasteiger partial charge in [-0.2, -0.15) is 0 Å². The molecule has 0 bridgehead atoms. The molecule has 0 aliphatic carbocycles. The summed E-state index contributed by atoms with van der Waals surface area (Å²) < 4.78 is 4.67. The summed E-state index contributed by atoms with van der Waals surface area (Å²) in [5.41, 5.74) is 2.32. The van der Waals surface area contributed by atoms with Gasteiger partial charge >= 0.3 is 5.97 Å². The van der Waals surface area contributed by atoms with Crippen LogP contribution in [0, 0.1) is 6.92 Å². The van der Waals surface area contributed by atoms with Crippen LogP contribution in [0.5, 0.6) is 0 Å². The number of nitrogens with zero attached hydrogens (tertiary/aromatic N) is 1. The Morgan fingerprint density at radius 1 is 1.13 bits per heavy atom. The van der Waals surface area contributed by atoms with E-state index in [9.17, 15) is 14.4 Å². The lowest BCUT2D eigenvalue weighted by atomic mass is 10.1. The number of carbonyl (C=O) groups is 3. The minimum atomic E-state index is -0.463. The average molecular weight is 311 g/mol. The first-order chi connectivity index (χ1) is 11.1.